The van der Waals surface area contributed by atoms with Crippen molar-refractivity contribution in [1.29, 1.82) is 0 Å². The predicted molar refractivity (Wildman–Crippen MR) is 103 cm³/mol. The van der Waals surface area contributed by atoms with Crippen molar-refractivity contribution >= 4 is 23.7 Å². The van der Waals surface area contributed by atoms with Crippen LogP contribution in [0.2, 0.25) is 0 Å². The van der Waals surface area contributed by atoms with Crippen molar-refractivity contribution in [3.05, 3.63) is 35.9 Å². The Hall–Kier alpha value is -2.98. The molecule has 0 spiro atoms. The average Bonchev–Trinajstić information content (AvgIpc) is 3.20. The molecule has 1 heterocycles. The number of aliphatic hydroxyl groups excluding tert-OH is 1. The number of benzene rings is 1. The smallest absolute Gasteiger partial charge is 0.326 e. The number of aliphatic carboxylic acids is 1. The van der Waals surface area contributed by atoms with Crippen LogP contribution in [0.5, 0.6) is 0 Å². The summed E-state index contributed by atoms with van der Waals surface area (Å²) < 4.78 is 0. The van der Waals surface area contributed by atoms with E-state index in [-0.39, 0.29) is 6.42 Å². The van der Waals surface area contributed by atoms with Gasteiger partial charge in [0.2, 0.25) is 17.7 Å². The van der Waals surface area contributed by atoms with Crippen molar-refractivity contribution in [3.8, 4) is 0 Å². The lowest BCUT2D eigenvalue weighted by Gasteiger charge is -2.23. The molecule has 158 valence electrons. The number of nitrogens with zero attached hydrogens (tertiary/aromatic N) is 1. The molecular formula is C19H26N4O6. The van der Waals surface area contributed by atoms with Gasteiger partial charge in [0.15, 0.2) is 0 Å². The molecule has 29 heavy (non-hydrogen) atoms. The summed E-state index contributed by atoms with van der Waals surface area (Å²) in [6, 6.07) is 6.02. The Morgan fingerprint density at radius 3 is 2.48 bits per heavy atom. The molecule has 1 aromatic carbocycles. The molecule has 10 heteroatoms. The number of aliphatic hydroxyl groups is 1. The first kappa shape index (κ1) is 22.3. The third-order valence-electron chi connectivity index (χ3n) is 4.72. The highest BCUT2D eigenvalue weighted by molar-refractivity contribution is 5.92. The van der Waals surface area contributed by atoms with Crippen molar-refractivity contribution in [2.75, 3.05) is 19.7 Å². The van der Waals surface area contributed by atoms with E-state index in [2.05, 4.69) is 10.6 Å². The molecular weight excluding hydrogens is 380 g/mol. The molecule has 0 aromatic heterocycles. The lowest BCUT2D eigenvalue weighted by Crippen LogP contribution is -2.55. The number of rotatable bonds is 9. The molecule has 0 radical (unpaired) electrons. The van der Waals surface area contributed by atoms with E-state index in [0.717, 1.165) is 5.56 Å². The van der Waals surface area contributed by atoms with E-state index in [4.69, 9.17) is 10.8 Å². The van der Waals surface area contributed by atoms with E-state index in [0.29, 0.717) is 19.4 Å². The number of amides is 3. The first-order chi connectivity index (χ1) is 13.8. The number of carbonyl (C=O) groups excluding carboxylic acids is 3. The van der Waals surface area contributed by atoms with Gasteiger partial charge in [0.25, 0.3) is 0 Å². The molecule has 1 aliphatic heterocycles. The second-order valence-electron chi connectivity index (χ2n) is 6.84. The lowest BCUT2D eigenvalue weighted by atomic mass is 10.1. The summed E-state index contributed by atoms with van der Waals surface area (Å²) in [6.07, 6.45) is 1.20. The number of carboxylic acid groups (broad SMARTS) is 1. The Balaban J connectivity index is 1.84. The zero-order chi connectivity index (χ0) is 21.4. The molecule has 1 aliphatic rings. The summed E-state index contributed by atoms with van der Waals surface area (Å²) in [5.74, 6) is -2.99. The summed E-state index contributed by atoms with van der Waals surface area (Å²) in [5, 5.41) is 23.2. The number of likely N-dealkylation sites (tertiary alicyclic amines) is 1. The lowest BCUT2D eigenvalue weighted by molar-refractivity contribution is -0.148. The minimum absolute atomic E-state index is 0.260. The molecule has 10 nitrogen and oxygen atoms in total. The second-order valence-corrected chi connectivity index (χ2v) is 6.84. The molecule has 0 saturated carbocycles. The minimum Gasteiger partial charge on any atom is -0.480 e. The minimum atomic E-state index is -1.27. The predicted octanol–water partition coefficient (Wildman–Crippen LogP) is -1.77. The maximum atomic E-state index is 12.2. The van der Waals surface area contributed by atoms with Crippen LogP contribution in [0.15, 0.2) is 30.3 Å². The molecule has 0 aliphatic carbocycles. The van der Waals surface area contributed by atoms with Crippen LogP contribution in [0.1, 0.15) is 18.4 Å². The van der Waals surface area contributed by atoms with Crippen LogP contribution < -0.4 is 16.4 Å². The molecule has 1 fully saturated rings. The third kappa shape index (κ3) is 6.26. The summed E-state index contributed by atoms with van der Waals surface area (Å²) in [5.41, 5.74) is 6.71. The van der Waals surface area contributed by atoms with E-state index in [9.17, 15) is 24.3 Å². The fourth-order valence-electron chi connectivity index (χ4n) is 3.14. The number of carboxylic acids is 1. The van der Waals surface area contributed by atoms with Crippen LogP contribution >= 0.6 is 0 Å². The molecule has 0 bridgehead atoms. The quantitative estimate of drug-likeness (QED) is 0.324. The fourth-order valence-corrected chi connectivity index (χ4v) is 3.14. The van der Waals surface area contributed by atoms with Gasteiger partial charge in [-0.1, -0.05) is 30.3 Å². The van der Waals surface area contributed by atoms with Crippen LogP contribution in [0.3, 0.4) is 0 Å². The highest BCUT2D eigenvalue weighted by Gasteiger charge is 2.34. The highest BCUT2D eigenvalue weighted by atomic mass is 16.4. The van der Waals surface area contributed by atoms with E-state index in [1.54, 1.807) is 0 Å². The summed E-state index contributed by atoms with van der Waals surface area (Å²) in [7, 11) is 0. The summed E-state index contributed by atoms with van der Waals surface area (Å²) >= 11 is 0. The standard InChI is InChI=1S/C19H26N4O6/c20-13(9-12-5-2-1-3-6-12)17(26)22-14(11-24)18(27)21-10-16(25)23-8-4-7-15(23)19(28)29/h1-3,5-6,13-15,24H,4,7-11,20H2,(H,21,27)(H,22,26)(H,28,29). The average molecular weight is 406 g/mol. The van der Waals surface area contributed by atoms with E-state index in [1.807, 2.05) is 30.3 Å². The Morgan fingerprint density at radius 1 is 1.17 bits per heavy atom. The number of carbonyl (C=O) groups is 4. The van der Waals surface area contributed by atoms with Gasteiger partial charge in [-0.05, 0) is 24.8 Å². The van der Waals surface area contributed by atoms with Crippen molar-refractivity contribution in [3.63, 3.8) is 0 Å². The second kappa shape index (κ2) is 10.5. The normalized spacial score (nSPS) is 18.0. The van der Waals surface area contributed by atoms with Gasteiger partial charge in [-0.3, -0.25) is 14.4 Å². The van der Waals surface area contributed by atoms with Crippen molar-refractivity contribution in [2.45, 2.75) is 37.4 Å². The SMILES string of the molecule is NC(Cc1ccccc1)C(=O)NC(CO)C(=O)NCC(=O)N1CCCC1C(=O)O. The summed E-state index contributed by atoms with van der Waals surface area (Å²) in [4.78, 5) is 49.0. The van der Waals surface area contributed by atoms with Crippen molar-refractivity contribution < 1.29 is 29.4 Å². The third-order valence-corrected chi connectivity index (χ3v) is 4.72. The van der Waals surface area contributed by atoms with Gasteiger partial charge in [0.1, 0.15) is 12.1 Å². The van der Waals surface area contributed by atoms with Gasteiger partial charge in [-0.2, -0.15) is 0 Å². The molecule has 6 N–H and O–H groups in total. The maximum absolute atomic E-state index is 12.2. The Bertz CT molecular complexity index is 741. The first-order valence-electron chi connectivity index (χ1n) is 9.34. The maximum Gasteiger partial charge on any atom is 0.326 e. The van der Waals surface area contributed by atoms with Crippen LogP contribution in [0, 0.1) is 0 Å². The monoisotopic (exact) mass is 406 g/mol. The van der Waals surface area contributed by atoms with Crippen LogP contribution in [-0.2, 0) is 25.6 Å². The van der Waals surface area contributed by atoms with Gasteiger partial charge in [0, 0.05) is 6.54 Å². The van der Waals surface area contributed by atoms with Gasteiger partial charge in [-0.25, -0.2) is 4.79 Å². The van der Waals surface area contributed by atoms with Gasteiger partial charge in [-0.15, -0.1) is 0 Å². The van der Waals surface area contributed by atoms with Crippen LogP contribution in [0.4, 0.5) is 0 Å². The number of nitrogens with one attached hydrogen (secondary N) is 2. The molecule has 1 saturated heterocycles. The van der Waals surface area contributed by atoms with E-state index >= 15 is 0 Å². The number of nitrogens with two attached hydrogens (primary N) is 1. The van der Waals surface area contributed by atoms with E-state index in [1.165, 1.54) is 4.90 Å². The van der Waals surface area contributed by atoms with Gasteiger partial charge >= 0.3 is 5.97 Å². The van der Waals surface area contributed by atoms with E-state index < -0.39 is 55.0 Å². The fraction of sp³-hybridized carbons (Fsp3) is 0.474. The molecule has 3 amide bonds. The largest absolute Gasteiger partial charge is 0.480 e. The first-order valence-corrected chi connectivity index (χ1v) is 9.34. The Morgan fingerprint density at radius 2 is 1.86 bits per heavy atom. The van der Waals surface area contributed by atoms with Crippen LogP contribution in [-0.4, -0.2) is 76.6 Å². The van der Waals surface area contributed by atoms with Crippen LogP contribution in [0.25, 0.3) is 0 Å². The summed E-state index contributed by atoms with van der Waals surface area (Å²) in [6.45, 7) is -0.795. The van der Waals surface area contributed by atoms with Crippen molar-refractivity contribution in [2.24, 2.45) is 5.73 Å². The molecule has 3 unspecified atom stereocenters. The highest BCUT2D eigenvalue weighted by Crippen LogP contribution is 2.17. The Labute approximate surface area is 168 Å². The number of hydrogen-bond acceptors (Lipinski definition) is 6. The molecule has 2 rings (SSSR count). The molecule has 3 atom stereocenters. The zero-order valence-corrected chi connectivity index (χ0v) is 15.9. The Kier molecular flexibility index (Phi) is 8.10. The van der Waals surface area contributed by atoms with Crippen molar-refractivity contribution in [1.82, 2.24) is 15.5 Å². The topological polar surface area (TPSA) is 162 Å². The zero-order valence-electron chi connectivity index (χ0n) is 15.9. The van der Waals surface area contributed by atoms with Gasteiger partial charge < -0.3 is 31.5 Å². The number of hydrogen-bond donors (Lipinski definition) is 5. The van der Waals surface area contributed by atoms with Gasteiger partial charge in [0.05, 0.1) is 19.2 Å². The molecule has 1 aromatic rings.